The van der Waals surface area contributed by atoms with Gasteiger partial charge in [0.1, 0.15) is 0 Å². The van der Waals surface area contributed by atoms with Crippen LogP contribution in [0.5, 0.6) is 0 Å². The minimum atomic E-state index is -0.857. The van der Waals surface area contributed by atoms with E-state index >= 15 is 0 Å². The smallest absolute Gasteiger partial charge is 0.184 e. The molecule has 0 radical (unpaired) electrons. The highest BCUT2D eigenvalue weighted by molar-refractivity contribution is 6.30. The molecule has 0 saturated carbocycles. The van der Waals surface area contributed by atoms with Crippen LogP contribution in [0.3, 0.4) is 0 Å². The van der Waals surface area contributed by atoms with E-state index in [-0.39, 0.29) is 24.7 Å². The molecule has 6 nitrogen and oxygen atoms in total. The van der Waals surface area contributed by atoms with Gasteiger partial charge in [-0.15, -0.1) is 0 Å². The van der Waals surface area contributed by atoms with Crippen LogP contribution in [0.15, 0.2) is 97.1 Å². The maximum atomic E-state index is 11.4. The molecular weight excluding hydrogens is 572 g/mol. The Labute approximate surface area is 265 Å². The molecule has 4 aromatic rings. The zero-order valence-corrected chi connectivity index (χ0v) is 25.9. The standard InChI is InChI=1S/C37H41ClN2O4/c1-25-34(23-40-18-16-37(42,17-19-40)32-12-14-33(38)15-13-32)43-36(44-35(25)28-10-8-26(24-41)9-11-28)31-7-3-6-30(21-31)29-5-2-4-27(20-29)22-39/h2-15,20-21,25,34-36,41-42H,16-19,22-24,39H2,1H3/t25-,34+,35+,36+/m0/s1. The Hall–Kier alpha value is -3.07. The van der Waals surface area contributed by atoms with Crippen LogP contribution in [0, 0.1) is 5.92 Å². The summed E-state index contributed by atoms with van der Waals surface area (Å²) in [6, 6.07) is 32.2. The first kappa shape index (κ1) is 30.9. The molecule has 6 rings (SSSR count). The molecule has 0 amide bonds. The minimum absolute atomic E-state index is 0.00515. The Balaban J connectivity index is 1.23. The van der Waals surface area contributed by atoms with Crippen LogP contribution in [0.25, 0.3) is 11.1 Å². The zero-order valence-electron chi connectivity index (χ0n) is 25.1. The molecule has 2 saturated heterocycles. The Kier molecular flexibility index (Phi) is 9.50. The van der Waals surface area contributed by atoms with E-state index in [9.17, 15) is 10.2 Å². The number of hydrogen-bond acceptors (Lipinski definition) is 6. The van der Waals surface area contributed by atoms with Gasteiger partial charge < -0.3 is 30.3 Å². The van der Waals surface area contributed by atoms with Crippen LogP contribution in [0.4, 0.5) is 0 Å². The molecule has 0 aromatic heterocycles. The first-order chi connectivity index (χ1) is 21.3. The summed E-state index contributed by atoms with van der Waals surface area (Å²) in [6.45, 7) is 4.95. The second kappa shape index (κ2) is 13.5. The average molecular weight is 613 g/mol. The number of nitrogens with two attached hydrogens (primary N) is 1. The van der Waals surface area contributed by atoms with Crippen molar-refractivity contribution in [3.8, 4) is 11.1 Å². The second-order valence-electron chi connectivity index (χ2n) is 12.2. The molecule has 2 heterocycles. The number of nitrogens with zero attached hydrogens (tertiary/aromatic N) is 1. The molecule has 230 valence electrons. The number of rotatable bonds is 8. The summed E-state index contributed by atoms with van der Waals surface area (Å²) < 4.78 is 13.5. The lowest BCUT2D eigenvalue weighted by molar-refractivity contribution is -0.277. The van der Waals surface area contributed by atoms with E-state index in [4.69, 9.17) is 26.8 Å². The van der Waals surface area contributed by atoms with E-state index < -0.39 is 11.9 Å². The number of aliphatic hydroxyl groups is 2. The second-order valence-corrected chi connectivity index (χ2v) is 12.6. The summed E-state index contributed by atoms with van der Waals surface area (Å²) >= 11 is 6.09. The third-order valence-corrected chi connectivity index (χ3v) is 9.53. The maximum Gasteiger partial charge on any atom is 0.184 e. The van der Waals surface area contributed by atoms with Crippen molar-refractivity contribution in [1.82, 2.24) is 4.90 Å². The zero-order chi connectivity index (χ0) is 30.7. The highest BCUT2D eigenvalue weighted by atomic mass is 35.5. The van der Waals surface area contributed by atoms with E-state index in [2.05, 4.69) is 42.2 Å². The molecule has 7 heteroatoms. The van der Waals surface area contributed by atoms with E-state index in [1.807, 2.05) is 66.7 Å². The van der Waals surface area contributed by atoms with Gasteiger partial charge in [0.25, 0.3) is 0 Å². The molecule has 0 unspecified atom stereocenters. The highest BCUT2D eigenvalue weighted by Crippen LogP contribution is 2.43. The number of likely N-dealkylation sites (tertiary alicyclic amines) is 1. The van der Waals surface area contributed by atoms with Gasteiger partial charge in [0.05, 0.1) is 24.4 Å². The summed E-state index contributed by atoms with van der Waals surface area (Å²) in [4.78, 5) is 2.40. The van der Waals surface area contributed by atoms with E-state index in [1.54, 1.807) is 0 Å². The number of benzene rings is 4. The Morgan fingerprint density at radius 3 is 2.20 bits per heavy atom. The first-order valence-electron chi connectivity index (χ1n) is 15.5. The first-order valence-corrected chi connectivity index (χ1v) is 15.8. The summed E-state index contributed by atoms with van der Waals surface area (Å²) in [6.07, 6.45) is 0.456. The van der Waals surface area contributed by atoms with Crippen molar-refractivity contribution in [2.24, 2.45) is 11.7 Å². The summed E-state index contributed by atoms with van der Waals surface area (Å²) in [7, 11) is 0. The quantitative estimate of drug-likeness (QED) is 0.204. The fraction of sp³-hybridized carbons (Fsp3) is 0.351. The van der Waals surface area contributed by atoms with Crippen molar-refractivity contribution in [1.29, 1.82) is 0 Å². The molecule has 44 heavy (non-hydrogen) atoms. The van der Waals surface area contributed by atoms with Crippen molar-refractivity contribution in [2.45, 2.75) is 57.0 Å². The lowest BCUT2D eigenvalue weighted by Crippen LogP contribution is -2.49. The van der Waals surface area contributed by atoms with Crippen molar-refractivity contribution >= 4 is 11.6 Å². The Morgan fingerprint density at radius 2 is 1.52 bits per heavy atom. The van der Waals surface area contributed by atoms with Gasteiger partial charge in [-0.2, -0.15) is 0 Å². The number of aliphatic hydroxyl groups excluding tert-OH is 1. The van der Waals surface area contributed by atoms with Crippen molar-refractivity contribution < 1.29 is 19.7 Å². The van der Waals surface area contributed by atoms with E-state index in [0.29, 0.717) is 24.4 Å². The summed E-state index contributed by atoms with van der Waals surface area (Å²) in [5, 5.41) is 21.7. The molecular formula is C37H41ClN2O4. The molecule has 2 aliphatic rings. The van der Waals surface area contributed by atoms with Crippen LogP contribution in [0.2, 0.25) is 5.02 Å². The number of ether oxygens (including phenoxy) is 2. The molecule has 0 aliphatic carbocycles. The van der Waals surface area contributed by atoms with Gasteiger partial charge in [-0.05, 0) is 70.5 Å². The largest absolute Gasteiger partial charge is 0.392 e. The third kappa shape index (κ3) is 6.77. The van der Waals surface area contributed by atoms with Crippen molar-refractivity contribution in [2.75, 3.05) is 19.6 Å². The number of halogens is 1. The van der Waals surface area contributed by atoms with E-state index in [0.717, 1.165) is 58.6 Å². The molecule has 4 N–H and O–H groups in total. The number of hydrogen-bond donors (Lipinski definition) is 3. The predicted molar refractivity (Wildman–Crippen MR) is 174 cm³/mol. The third-order valence-electron chi connectivity index (χ3n) is 9.28. The van der Waals surface area contributed by atoms with Gasteiger partial charge >= 0.3 is 0 Å². The van der Waals surface area contributed by atoms with Crippen molar-refractivity contribution in [3.05, 3.63) is 130 Å². The Bertz CT molecular complexity index is 1540. The van der Waals surface area contributed by atoms with Gasteiger partial charge in [0, 0.05) is 42.7 Å². The van der Waals surface area contributed by atoms with Gasteiger partial charge in [-0.3, -0.25) is 0 Å². The normalized spacial score (nSPS) is 23.8. The summed E-state index contributed by atoms with van der Waals surface area (Å²) in [5.41, 5.74) is 12.1. The van der Waals surface area contributed by atoms with Crippen LogP contribution in [-0.4, -0.2) is 40.9 Å². The monoisotopic (exact) mass is 612 g/mol. The van der Waals surface area contributed by atoms with Crippen LogP contribution >= 0.6 is 11.6 Å². The molecule has 4 aromatic carbocycles. The van der Waals surface area contributed by atoms with Gasteiger partial charge in [-0.25, -0.2) is 0 Å². The lowest BCUT2D eigenvalue weighted by Gasteiger charge is -2.45. The Morgan fingerprint density at radius 1 is 0.841 bits per heavy atom. The molecule has 2 fully saturated rings. The molecule has 2 aliphatic heterocycles. The summed E-state index contributed by atoms with van der Waals surface area (Å²) in [5.74, 6) is 0.0766. The van der Waals surface area contributed by atoms with Gasteiger partial charge in [0.2, 0.25) is 0 Å². The van der Waals surface area contributed by atoms with Crippen molar-refractivity contribution in [3.63, 3.8) is 0 Å². The highest BCUT2D eigenvalue weighted by Gasteiger charge is 2.41. The molecule has 0 bridgehead atoms. The van der Waals surface area contributed by atoms with Gasteiger partial charge in [-0.1, -0.05) is 91.3 Å². The number of piperidine rings is 1. The lowest BCUT2D eigenvalue weighted by atomic mass is 9.84. The SMILES string of the molecule is C[C@H]1[C@@H](CN2CCC(O)(c3ccc(Cl)cc3)CC2)O[C@@H](c2cccc(-c3cccc(CN)c3)c2)O[C@H]1c1ccc(CO)cc1. The fourth-order valence-electron chi connectivity index (χ4n) is 6.48. The average Bonchev–Trinajstić information content (AvgIpc) is 3.07. The maximum absolute atomic E-state index is 11.4. The topological polar surface area (TPSA) is 88.2 Å². The minimum Gasteiger partial charge on any atom is -0.392 e. The molecule has 4 atom stereocenters. The van der Waals surface area contributed by atoms with Crippen LogP contribution in [-0.2, 0) is 28.2 Å². The van der Waals surface area contributed by atoms with Crippen LogP contribution in [0.1, 0.15) is 60.0 Å². The molecule has 0 spiro atoms. The predicted octanol–water partition coefficient (Wildman–Crippen LogP) is 6.73. The van der Waals surface area contributed by atoms with E-state index in [1.165, 1.54) is 0 Å². The fourth-order valence-corrected chi connectivity index (χ4v) is 6.61. The van der Waals surface area contributed by atoms with Gasteiger partial charge in [0.15, 0.2) is 6.29 Å². The van der Waals surface area contributed by atoms with Crippen LogP contribution < -0.4 is 5.73 Å².